The molecule has 1 saturated carbocycles. The molecule has 0 aliphatic heterocycles. The van der Waals surface area contributed by atoms with Crippen LogP contribution in [0.15, 0.2) is 42.6 Å². The van der Waals surface area contributed by atoms with Crippen molar-refractivity contribution < 1.29 is 14.6 Å². The van der Waals surface area contributed by atoms with Gasteiger partial charge in [-0.2, -0.15) is 0 Å². The van der Waals surface area contributed by atoms with E-state index >= 15 is 0 Å². The molecule has 158 valence electrons. The molecule has 30 heavy (non-hydrogen) atoms. The van der Waals surface area contributed by atoms with Crippen molar-refractivity contribution in [3.05, 3.63) is 59.5 Å². The summed E-state index contributed by atoms with van der Waals surface area (Å²) in [6.45, 7) is 6.39. The zero-order valence-electron chi connectivity index (χ0n) is 17.6. The molecule has 1 amide bonds. The van der Waals surface area contributed by atoms with Gasteiger partial charge in [0.1, 0.15) is 5.75 Å². The summed E-state index contributed by atoms with van der Waals surface area (Å²) in [5.41, 5.74) is 2.02. The second kappa shape index (κ2) is 8.07. The number of carbonyl (C=O) groups excluding carboxylic acids is 1. The summed E-state index contributed by atoms with van der Waals surface area (Å²) in [6.07, 6.45) is 3.73. The molecule has 7 nitrogen and oxygen atoms in total. The van der Waals surface area contributed by atoms with Crippen molar-refractivity contribution in [2.75, 3.05) is 6.61 Å². The fourth-order valence-corrected chi connectivity index (χ4v) is 3.99. The number of amides is 1. The highest BCUT2D eigenvalue weighted by Gasteiger charge is 2.34. The van der Waals surface area contributed by atoms with E-state index in [1.54, 1.807) is 17.6 Å². The largest absolute Gasteiger partial charge is 0.491 e. The van der Waals surface area contributed by atoms with Gasteiger partial charge in [-0.25, -0.2) is 9.50 Å². The summed E-state index contributed by atoms with van der Waals surface area (Å²) in [6, 6.07) is 12.1. The summed E-state index contributed by atoms with van der Waals surface area (Å²) in [5.74, 6) is 0.745. The molecule has 3 aromatic rings. The first-order valence-corrected chi connectivity index (χ1v) is 10.4. The Hall–Kier alpha value is -2.93. The number of hydrogen-bond donors (Lipinski definition) is 2. The molecule has 2 heterocycles. The molecular weight excluding hydrogens is 380 g/mol. The van der Waals surface area contributed by atoms with E-state index in [9.17, 15) is 9.90 Å². The van der Waals surface area contributed by atoms with Gasteiger partial charge in [0.25, 0.3) is 5.91 Å². The molecule has 7 heteroatoms. The van der Waals surface area contributed by atoms with Crippen molar-refractivity contribution in [1.29, 1.82) is 0 Å². The average Bonchev–Trinajstić information content (AvgIpc) is 3.30. The number of ether oxygens (including phenoxy) is 1. The summed E-state index contributed by atoms with van der Waals surface area (Å²) in [5, 5.41) is 17.4. The van der Waals surface area contributed by atoms with Crippen LogP contribution in [0.25, 0.3) is 5.65 Å². The maximum Gasteiger partial charge on any atom is 0.291 e. The molecule has 0 spiro atoms. The van der Waals surface area contributed by atoms with Crippen molar-refractivity contribution in [2.45, 2.75) is 57.6 Å². The molecule has 1 aliphatic rings. The van der Waals surface area contributed by atoms with Gasteiger partial charge in [0.15, 0.2) is 5.65 Å². The number of nitrogens with one attached hydrogen (secondary N) is 1. The lowest BCUT2D eigenvalue weighted by atomic mass is 10.0. The summed E-state index contributed by atoms with van der Waals surface area (Å²) in [4.78, 5) is 17.0. The quantitative estimate of drug-likeness (QED) is 0.654. The first kappa shape index (κ1) is 20.3. The summed E-state index contributed by atoms with van der Waals surface area (Å²) >= 11 is 0. The van der Waals surface area contributed by atoms with Gasteiger partial charge >= 0.3 is 0 Å². The van der Waals surface area contributed by atoms with Crippen LogP contribution >= 0.6 is 0 Å². The predicted molar refractivity (Wildman–Crippen MR) is 114 cm³/mol. The van der Waals surface area contributed by atoms with Crippen LogP contribution in [0.4, 0.5) is 0 Å². The van der Waals surface area contributed by atoms with Gasteiger partial charge in [-0.05, 0) is 50.3 Å². The van der Waals surface area contributed by atoms with Crippen molar-refractivity contribution >= 4 is 11.6 Å². The summed E-state index contributed by atoms with van der Waals surface area (Å²) in [7, 11) is 0. The van der Waals surface area contributed by atoms with Gasteiger partial charge in [0, 0.05) is 12.0 Å². The number of benzene rings is 1. The highest BCUT2D eigenvalue weighted by molar-refractivity contribution is 5.91. The van der Waals surface area contributed by atoms with E-state index in [1.165, 1.54) is 5.56 Å². The van der Waals surface area contributed by atoms with Gasteiger partial charge in [0.2, 0.25) is 5.82 Å². The molecule has 2 aromatic heterocycles. The maximum absolute atomic E-state index is 12.6. The minimum Gasteiger partial charge on any atom is -0.491 e. The average molecular weight is 409 g/mol. The maximum atomic E-state index is 12.6. The first-order chi connectivity index (χ1) is 14.3. The van der Waals surface area contributed by atoms with Crippen molar-refractivity contribution in [3.63, 3.8) is 0 Å². The summed E-state index contributed by atoms with van der Waals surface area (Å²) < 4.78 is 7.59. The number of rotatable bonds is 6. The topological polar surface area (TPSA) is 88.8 Å². The lowest BCUT2D eigenvalue weighted by molar-refractivity contribution is 0.0646. The van der Waals surface area contributed by atoms with Gasteiger partial charge in [0.05, 0.1) is 18.4 Å². The third kappa shape index (κ3) is 4.46. The van der Waals surface area contributed by atoms with E-state index in [1.807, 2.05) is 31.2 Å². The molecule has 4 rings (SSSR count). The van der Waals surface area contributed by atoms with Gasteiger partial charge in [-0.1, -0.05) is 37.3 Å². The van der Waals surface area contributed by atoms with Crippen LogP contribution in [-0.2, 0) is 0 Å². The number of aliphatic hydroxyl groups is 1. The number of nitrogens with zero attached hydrogens (tertiary/aromatic N) is 3. The zero-order chi connectivity index (χ0) is 21.3. The normalized spacial score (nSPS) is 22.2. The Labute approximate surface area is 176 Å². The monoisotopic (exact) mass is 408 g/mol. The number of carbonyl (C=O) groups is 1. The number of aryl methyl sites for hydroxylation is 1. The van der Waals surface area contributed by atoms with E-state index < -0.39 is 5.60 Å². The Balaban J connectivity index is 1.45. The van der Waals surface area contributed by atoms with Crippen LogP contribution in [0.2, 0.25) is 0 Å². The standard InChI is InChI=1S/C23H28N4O3/c1-15-11-19(30-14-16(2)17-7-5-4-6-8-17)13-27-21(15)25-20(26-27)22(28)24-18-9-10-23(3,29)12-18/h4-8,11,13,16,18,29H,9-10,12,14H2,1-3H3,(H,24,28)/t16-,18?,23?/m0/s1. The van der Waals surface area contributed by atoms with Crippen LogP contribution in [0.1, 0.15) is 60.8 Å². The first-order valence-electron chi connectivity index (χ1n) is 10.4. The van der Waals surface area contributed by atoms with E-state index in [2.05, 4.69) is 34.5 Å². The van der Waals surface area contributed by atoms with Crippen LogP contribution in [0, 0.1) is 6.92 Å². The number of hydrogen-bond acceptors (Lipinski definition) is 5. The fraction of sp³-hybridized carbons (Fsp3) is 0.435. The fourth-order valence-electron chi connectivity index (χ4n) is 3.99. The lowest BCUT2D eigenvalue weighted by Gasteiger charge is -2.16. The highest BCUT2D eigenvalue weighted by atomic mass is 16.5. The molecule has 2 N–H and O–H groups in total. The van der Waals surface area contributed by atoms with E-state index in [4.69, 9.17) is 4.74 Å². The van der Waals surface area contributed by atoms with Crippen LogP contribution in [0.3, 0.4) is 0 Å². The lowest BCUT2D eigenvalue weighted by Crippen LogP contribution is -2.35. The molecule has 0 bridgehead atoms. The molecule has 1 aliphatic carbocycles. The number of aromatic nitrogens is 3. The zero-order valence-corrected chi connectivity index (χ0v) is 17.6. The minimum atomic E-state index is -0.718. The minimum absolute atomic E-state index is 0.0569. The van der Waals surface area contributed by atoms with E-state index in [0.717, 1.165) is 12.0 Å². The molecular formula is C23H28N4O3. The Morgan fingerprint density at radius 3 is 2.87 bits per heavy atom. The molecule has 2 unspecified atom stereocenters. The SMILES string of the molecule is Cc1cc(OC[C@H](C)c2ccccc2)cn2nc(C(=O)NC3CCC(C)(O)C3)nc12. The van der Waals surface area contributed by atoms with Gasteiger partial charge < -0.3 is 15.2 Å². The molecule has 3 atom stereocenters. The molecule has 1 fully saturated rings. The third-order valence-corrected chi connectivity index (χ3v) is 5.72. The molecule has 0 radical (unpaired) electrons. The van der Waals surface area contributed by atoms with E-state index in [-0.39, 0.29) is 23.7 Å². The van der Waals surface area contributed by atoms with E-state index in [0.29, 0.717) is 30.8 Å². The Morgan fingerprint density at radius 1 is 1.40 bits per heavy atom. The second-order valence-electron chi connectivity index (χ2n) is 8.60. The Bertz CT molecular complexity index is 1050. The Morgan fingerprint density at radius 2 is 2.17 bits per heavy atom. The predicted octanol–water partition coefficient (Wildman–Crippen LogP) is 3.25. The Kier molecular flexibility index (Phi) is 5.47. The van der Waals surface area contributed by atoms with Crippen LogP contribution < -0.4 is 10.1 Å². The van der Waals surface area contributed by atoms with Crippen molar-refractivity contribution in [1.82, 2.24) is 19.9 Å². The second-order valence-corrected chi connectivity index (χ2v) is 8.60. The smallest absolute Gasteiger partial charge is 0.291 e. The van der Waals surface area contributed by atoms with Crippen molar-refractivity contribution in [2.24, 2.45) is 0 Å². The van der Waals surface area contributed by atoms with Gasteiger partial charge in [-0.3, -0.25) is 4.79 Å². The number of pyridine rings is 1. The molecule has 0 saturated heterocycles. The highest BCUT2D eigenvalue weighted by Crippen LogP contribution is 2.29. The van der Waals surface area contributed by atoms with Gasteiger partial charge in [-0.15, -0.1) is 5.10 Å². The number of fused-ring (bicyclic) bond motifs is 1. The van der Waals surface area contributed by atoms with Crippen LogP contribution in [-0.4, -0.2) is 43.9 Å². The molecule has 1 aromatic carbocycles. The van der Waals surface area contributed by atoms with Crippen molar-refractivity contribution in [3.8, 4) is 5.75 Å². The van der Waals surface area contributed by atoms with Crippen LogP contribution in [0.5, 0.6) is 5.75 Å². The third-order valence-electron chi connectivity index (χ3n) is 5.72.